The number of rotatable bonds is 5. The predicted octanol–water partition coefficient (Wildman–Crippen LogP) is 4.42. The Balaban J connectivity index is 1.53. The number of carbonyl (C=O) groups is 1. The van der Waals surface area contributed by atoms with Gasteiger partial charge in [-0.1, -0.05) is 11.6 Å². The number of benzene rings is 1. The van der Waals surface area contributed by atoms with E-state index in [0.717, 1.165) is 47.6 Å². The Hall–Kier alpha value is -1.86. The number of anilines is 2. The van der Waals surface area contributed by atoms with Crippen LogP contribution >= 0.6 is 27.5 Å². The number of nitrogens with zero attached hydrogens (tertiary/aromatic N) is 3. The van der Waals surface area contributed by atoms with Crippen molar-refractivity contribution < 1.29 is 4.79 Å². The molecule has 3 rings (SSSR count). The summed E-state index contributed by atoms with van der Waals surface area (Å²) in [4.78, 5) is 23.4. The van der Waals surface area contributed by atoms with Crippen LogP contribution in [0.2, 0.25) is 5.02 Å². The largest absolute Gasteiger partial charge is 0.367 e. The zero-order chi connectivity index (χ0) is 20.3. The van der Waals surface area contributed by atoms with E-state index in [2.05, 4.69) is 36.5 Å². The van der Waals surface area contributed by atoms with Gasteiger partial charge in [0, 0.05) is 42.3 Å². The topological polar surface area (TPSA) is 70.2 Å². The molecule has 1 aliphatic carbocycles. The Morgan fingerprint density at radius 2 is 1.82 bits per heavy atom. The number of hydrogen-bond acceptors (Lipinski definition) is 5. The third kappa shape index (κ3) is 5.35. The van der Waals surface area contributed by atoms with E-state index in [-0.39, 0.29) is 11.9 Å². The number of amides is 1. The SMILES string of the molecule is Cc1nc(NC2CCC(NC(=O)c3ccc(Cl)c(Br)c3)CC2)cc(N(C)C)n1. The second kappa shape index (κ2) is 9.09. The minimum Gasteiger partial charge on any atom is -0.367 e. The Kier molecular flexibility index (Phi) is 6.78. The van der Waals surface area contributed by atoms with Crippen LogP contribution in [0.5, 0.6) is 0 Å². The minimum atomic E-state index is -0.0594. The van der Waals surface area contributed by atoms with Crippen molar-refractivity contribution in [3.8, 4) is 0 Å². The van der Waals surface area contributed by atoms with E-state index in [9.17, 15) is 4.79 Å². The fraction of sp³-hybridized carbons (Fsp3) is 0.450. The number of aromatic nitrogens is 2. The summed E-state index contributed by atoms with van der Waals surface area (Å²) < 4.78 is 0.729. The van der Waals surface area contributed by atoms with Crippen LogP contribution in [-0.4, -0.2) is 42.1 Å². The smallest absolute Gasteiger partial charge is 0.251 e. The van der Waals surface area contributed by atoms with Crippen LogP contribution < -0.4 is 15.5 Å². The van der Waals surface area contributed by atoms with Crippen molar-refractivity contribution in [3.63, 3.8) is 0 Å². The van der Waals surface area contributed by atoms with Gasteiger partial charge in [-0.15, -0.1) is 0 Å². The van der Waals surface area contributed by atoms with Crippen LogP contribution in [0.1, 0.15) is 41.9 Å². The van der Waals surface area contributed by atoms with Crippen LogP contribution in [0, 0.1) is 6.92 Å². The van der Waals surface area contributed by atoms with E-state index >= 15 is 0 Å². The molecule has 28 heavy (non-hydrogen) atoms. The molecule has 2 aromatic rings. The van der Waals surface area contributed by atoms with Crippen molar-refractivity contribution >= 4 is 45.1 Å². The van der Waals surface area contributed by atoms with Crippen molar-refractivity contribution in [2.24, 2.45) is 0 Å². The van der Waals surface area contributed by atoms with Gasteiger partial charge in [0.2, 0.25) is 0 Å². The molecule has 1 heterocycles. The molecule has 1 amide bonds. The van der Waals surface area contributed by atoms with Gasteiger partial charge in [0.25, 0.3) is 5.91 Å². The van der Waals surface area contributed by atoms with Gasteiger partial charge in [-0.05, 0) is 66.7 Å². The fourth-order valence-corrected chi connectivity index (χ4v) is 3.85. The molecule has 0 atom stereocenters. The number of hydrogen-bond donors (Lipinski definition) is 2. The zero-order valence-electron chi connectivity index (χ0n) is 16.3. The quantitative estimate of drug-likeness (QED) is 0.682. The molecule has 0 bridgehead atoms. The van der Waals surface area contributed by atoms with Crippen LogP contribution in [-0.2, 0) is 0 Å². The lowest BCUT2D eigenvalue weighted by atomic mass is 9.91. The Morgan fingerprint density at radius 1 is 1.14 bits per heavy atom. The Morgan fingerprint density at radius 3 is 2.46 bits per heavy atom. The molecule has 0 unspecified atom stereocenters. The molecule has 1 aromatic heterocycles. The molecular weight excluding hydrogens is 442 g/mol. The molecule has 1 saturated carbocycles. The van der Waals surface area contributed by atoms with Gasteiger partial charge in [0.1, 0.15) is 17.5 Å². The highest BCUT2D eigenvalue weighted by Gasteiger charge is 2.23. The predicted molar refractivity (Wildman–Crippen MR) is 117 cm³/mol. The fourth-order valence-electron chi connectivity index (χ4n) is 3.35. The maximum atomic E-state index is 12.5. The summed E-state index contributed by atoms with van der Waals surface area (Å²) >= 11 is 9.36. The molecule has 1 aromatic carbocycles. The van der Waals surface area contributed by atoms with Gasteiger partial charge < -0.3 is 15.5 Å². The molecule has 1 aliphatic rings. The Labute approximate surface area is 179 Å². The summed E-state index contributed by atoms with van der Waals surface area (Å²) in [5.74, 6) is 2.44. The van der Waals surface area contributed by atoms with Crippen LogP contribution in [0.25, 0.3) is 0 Å². The van der Waals surface area contributed by atoms with E-state index < -0.39 is 0 Å². The first-order valence-electron chi connectivity index (χ1n) is 9.37. The van der Waals surface area contributed by atoms with Gasteiger partial charge in [0.15, 0.2) is 0 Å². The maximum absolute atomic E-state index is 12.5. The highest BCUT2D eigenvalue weighted by molar-refractivity contribution is 9.10. The molecular formula is C20H25BrClN5O. The minimum absolute atomic E-state index is 0.0594. The second-order valence-corrected chi connectivity index (χ2v) is 8.61. The average molecular weight is 467 g/mol. The summed E-state index contributed by atoms with van der Waals surface area (Å²) in [5.41, 5.74) is 0.615. The van der Waals surface area contributed by atoms with Crippen LogP contribution in [0.4, 0.5) is 11.6 Å². The van der Waals surface area contributed by atoms with Crippen molar-refractivity contribution in [2.45, 2.75) is 44.7 Å². The van der Waals surface area contributed by atoms with E-state index in [4.69, 9.17) is 11.6 Å². The summed E-state index contributed by atoms with van der Waals surface area (Å²) in [6.07, 6.45) is 3.83. The highest BCUT2D eigenvalue weighted by Crippen LogP contribution is 2.25. The van der Waals surface area contributed by atoms with Gasteiger partial charge >= 0.3 is 0 Å². The summed E-state index contributed by atoms with van der Waals surface area (Å²) in [5, 5.41) is 7.26. The van der Waals surface area contributed by atoms with Crippen molar-refractivity contribution in [1.82, 2.24) is 15.3 Å². The number of aryl methyl sites for hydroxylation is 1. The van der Waals surface area contributed by atoms with Crippen LogP contribution in [0.3, 0.4) is 0 Å². The van der Waals surface area contributed by atoms with E-state index in [1.54, 1.807) is 18.2 Å². The van der Waals surface area contributed by atoms with Crippen molar-refractivity contribution in [1.29, 1.82) is 0 Å². The van der Waals surface area contributed by atoms with Crippen molar-refractivity contribution in [3.05, 3.63) is 45.1 Å². The Bertz CT molecular complexity index is 852. The zero-order valence-corrected chi connectivity index (χ0v) is 18.6. The molecule has 8 heteroatoms. The molecule has 0 spiro atoms. The summed E-state index contributed by atoms with van der Waals surface area (Å²) in [6, 6.07) is 7.73. The summed E-state index contributed by atoms with van der Waals surface area (Å²) in [7, 11) is 3.94. The van der Waals surface area contributed by atoms with Gasteiger partial charge in [-0.2, -0.15) is 0 Å². The van der Waals surface area contributed by atoms with Crippen molar-refractivity contribution in [2.75, 3.05) is 24.3 Å². The number of halogens is 2. The molecule has 0 aliphatic heterocycles. The van der Waals surface area contributed by atoms with Crippen LogP contribution in [0.15, 0.2) is 28.7 Å². The first kappa shape index (κ1) is 20.9. The molecule has 150 valence electrons. The molecule has 2 N–H and O–H groups in total. The van der Waals surface area contributed by atoms with E-state index in [1.165, 1.54) is 0 Å². The maximum Gasteiger partial charge on any atom is 0.251 e. The molecule has 6 nitrogen and oxygen atoms in total. The first-order valence-corrected chi connectivity index (χ1v) is 10.5. The number of nitrogens with one attached hydrogen (secondary N) is 2. The summed E-state index contributed by atoms with van der Waals surface area (Å²) in [6.45, 7) is 1.90. The van der Waals surface area contributed by atoms with Gasteiger partial charge in [-0.25, -0.2) is 9.97 Å². The lowest BCUT2D eigenvalue weighted by Gasteiger charge is -2.30. The second-order valence-electron chi connectivity index (χ2n) is 7.35. The third-order valence-corrected chi connectivity index (χ3v) is 6.09. The molecule has 1 fully saturated rings. The third-order valence-electron chi connectivity index (χ3n) is 4.88. The monoisotopic (exact) mass is 465 g/mol. The standard InChI is InChI=1S/C20H25BrClN5O/c1-12-23-18(11-19(24-12)27(2)3)25-14-5-7-15(8-6-14)26-20(28)13-4-9-17(22)16(21)10-13/h4,9-11,14-15H,5-8H2,1-3H3,(H,26,28)(H,23,24,25). The molecule has 0 radical (unpaired) electrons. The lowest BCUT2D eigenvalue weighted by Crippen LogP contribution is -2.40. The lowest BCUT2D eigenvalue weighted by molar-refractivity contribution is 0.0926. The number of carbonyl (C=O) groups excluding carboxylic acids is 1. The normalized spacial score (nSPS) is 19.2. The average Bonchev–Trinajstić information content (AvgIpc) is 2.65. The van der Waals surface area contributed by atoms with Gasteiger partial charge in [0.05, 0.1) is 5.02 Å². The van der Waals surface area contributed by atoms with Gasteiger partial charge in [-0.3, -0.25) is 4.79 Å². The van der Waals surface area contributed by atoms with E-state index in [0.29, 0.717) is 16.6 Å². The van der Waals surface area contributed by atoms with E-state index in [1.807, 2.05) is 32.0 Å². The highest BCUT2D eigenvalue weighted by atomic mass is 79.9. The molecule has 0 saturated heterocycles. The first-order chi connectivity index (χ1) is 13.3.